The van der Waals surface area contributed by atoms with Crippen LogP contribution >= 0.6 is 7.82 Å². The lowest BCUT2D eigenvalue weighted by Gasteiger charge is -2.49. The van der Waals surface area contributed by atoms with Crippen molar-refractivity contribution in [1.29, 1.82) is 0 Å². The Morgan fingerprint density at radius 1 is 0.461 bits per heavy atom. The van der Waals surface area contributed by atoms with Crippen molar-refractivity contribution in [1.82, 2.24) is 0 Å². The first-order chi connectivity index (χ1) is 36.3. The van der Waals surface area contributed by atoms with E-state index in [4.69, 9.17) is 42.2 Å². The predicted octanol–water partition coefficient (Wildman–Crippen LogP) is 2.38. The van der Waals surface area contributed by atoms with Gasteiger partial charge in [-0.1, -0.05) is 136 Å². The average molecular weight is 1120 g/mol. The summed E-state index contributed by atoms with van der Waals surface area (Å²) in [4.78, 5) is 49.8. The molecule has 0 amide bonds. The van der Waals surface area contributed by atoms with Gasteiger partial charge in [0.25, 0.3) is 0 Å². The van der Waals surface area contributed by atoms with E-state index in [0.29, 0.717) is 19.3 Å². The number of phosphoric acid groups is 1. The summed E-state index contributed by atoms with van der Waals surface area (Å²) < 4.78 is 63.8. The number of aliphatic hydroxyl groups is 10. The summed E-state index contributed by atoms with van der Waals surface area (Å²) in [6.45, 7) is 3.11. The number of hydrogen-bond acceptors (Lipinski definition) is 23. The van der Waals surface area contributed by atoms with Crippen molar-refractivity contribution in [3.8, 4) is 0 Å². The Hall–Kier alpha value is -2.04. The molecule has 2 saturated heterocycles. The zero-order valence-electron chi connectivity index (χ0n) is 44.8. The molecule has 446 valence electrons. The molecule has 0 aromatic carbocycles. The van der Waals surface area contributed by atoms with Gasteiger partial charge in [0.05, 0.1) is 13.2 Å². The van der Waals surface area contributed by atoms with Crippen molar-refractivity contribution in [3.05, 3.63) is 0 Å². The van der Waals surface area contributed by atoms with Crippen molar-refractivity contribution in [3.63, 3.8) is 0 Å². The highest BCUT2D eigenvalue weighted by atomic mass is 31.2. The zero-order chi connectivity index (χ0) is 56.2. The lowest BCUT2D eigenvalue weighted by Crippen LogP contribution is -2.69. The predicted molar refractivity (Wildman–Crippen MR) is 268 cm³/mol. The fourth-order valence-corrected chi connectivity index (χ4v) is 10.1. The third-order valence-corrected chi connectivity index (χ3v) is 14.9. The average Bonchev–Trinajstić information content (AvgIpc) is 3.39. The van der Waals surface area contributed by atoms with Gasteiger partial charge >= 0.3 is 25.7 Å². The maximum atomic E-state index is 14.1. The van der Waals surface area contributed by atoms with E-state index in [2.05, 4.69) is 13.8 Å². The van der Waals surface area contributed by atoms with Crippen molar-refractivity contribution >= 4 is 25.7 Å². The van der Waals surface area contributed by atoms with Gasteiger partial charge in [0.15, 0.2) is 18.7 Å². The fourth-order valence-electron chi connectivity index (χ4n) is 9.17. The van der Waals surface area contributed by atoms with E-state index < -0.39 is 156 Å². The second-order valence-corrected chi connectivity index (χ2v) is 21.7. The number of phosphoric ester groups is 1. The molecule has 2 aliphatic heterocycles. The van der Waals surface area contributed by atoms with Crippen LogP contribution in [0, 0.1) is 0 Å². The molecule has 3 fully saturated rings. The second-order valence-electron chi connectivity index (χ2n) is 20.3. The highest BCUT2D eigenvalue weighted by molar-refractivity contribution is 7.47. The topological polar surface area (TPSA) is 374 Å². The third kappa shape index (κ3) is 23.6. The minimum absolute atomic E-state index is 0.0301. The van der Waals surface area contributed by atoms with E-state index >= 15 is 0 Å². The normalized spacial score (nSPS) is 32.1. The molecule has 0 spiro atoms. The van der Waals surface area contributed by atoms with Gasteiger partial charge in [0, 0.05) is 19.3 Å². The van der Waals surface area contributed by atoms with Crippen LogP contribution in [-0.2, 0) is 61.2 Å². The summed E-state index contributed by atoms with van der Waals surface area (Å²) in [7, 11) is -5.66. The van der Waals surface area contributed by atoms with Gasteiger partial charge in [-0.3, -0.25) is 23.4 Å². The molecule has 3 aliphatic rings. The molecule has 76 heavy (non-hydrogen) atoms. The van der Waals surface area contributed by atoms with Crippen molar-refractivity contribution in [2.45, 2.75) is 279 Å². The molecule has 1 aliphatic carbocycles. The molecule has 0 radical (unpaired) electrons. The Morgan fingerprint density at radius 3 is 1.29 bits per heavy atom. The molecule has 24 nitrogen and oxygen atoms in total. The van der Waals surface area contributed by atoms with Crippen LogP contribution in [0.3, 0.4) is 0 Å². The molecule has 3 unspecified atom stereocenters. The first kappa shape index (κ1) is 68.2. The van der Waals surface area contributed by atoms with Gasteiger partial charge < -0.3 is 89.1 Å². The Kier molecular flexibility index (Phi) is 33.3. The smallest absolute Gasteiger partial charge is 0.463 e. The van der Waals surface area contributed by atoms with Crippen LogP contribution in [0.25, 0.3) is 0 Å². The maximum Gasteiger partial charge on any atom is 0.472 e. The van der Waals surface area contributed by atoms with Crippen molar-refractivity contribution in [2.75, 3.05) is 26.4 Å². The Balaban J connectivity index is 1.86. The van der Waals surface area contributed by atoms with Crippen LogP contribution in [-0.4, -0.2) is 204 Å². The van der Waals surface area contributed by atoms with Crippen LogP contribution < -0.4 is 0 Å². The quantitative estimate of drug-likeness (QED) is 0.0182. The standard InChI is InChI=1S/C51H93O24P/c1-4-7-10-13-15-17-20-22-25-35(53)67-29-32(70-37(55)27-24-19-12-9-6-3)30-69-76(65,66)75-49-47(73-50-45(63)40(58)38(56)33(28-52)71-50)43(61)42(60)44(62)48(49)74-51-46(64)41(59)39(57)34(72-51)31-68-36(54)26-23-21-18-16-14-11-8-5-2/h32-34,38-52,56-64H,4-31H2,1-3H3,(H,65,66)/t32-,33-,34-,38?,39-,40+,41+,42-,43-,44+,45+,46+,47-,48+,49+,50-,51?/m1/s1. The zero-order valence-corrected chi connectivity index (χ0v) is 45.7. The van der Waals surface area contributed by atoms with Crippen LogP contribution in [0.15, 0.2) is 0 Å². The van der Waals surface area contributed by atoms with Crippen molar-refractivity contribution < 1.29 is 117 Å². The minimum atomic E-state index is -5.66. The minimum Gasteiger partial charge on any atom is -0.463 e. The Morgan fingerprint density at radius 2 is 0.842 bits per heavy atom. The Bertz CT molecular complexity index is 1650. The van der Waals surface area contributed by atoms with E-state index in [-0.39, 0.29) is 19.3 Å². The van der Waals surface area contributed by atoms with E-state index in [0.717, 1.165) is 116 Å². The molecule has 1 saturated carbocycles. The summed E-state index contributed by atoms with van der Waals surface area (Å²) >= 11 is 0. The van der Waals surface area contributed by atoms with Crippen LogP contribution in [0.2, 0.25) is 0 Å². The maximum absolute atomic E-state index is 14.1. The summed E-state index contributed by atoms with van der Waals surface area (Å²) in [5, 5.41) is 109. The number of esters is 3. The molecule has 25 heteroatoms. The van der Waals surface area contributed by atoms with Gasteiger partial charge in [-0.15, -0.1) is 0 Å². The number of aliphatic hydroxyl groups excluding tert-OH is 10. The number of ether oxygens (including phenoxy) is 7. The number of rotatable bonds is 39. The summed E-state index contributed by atoms with van der Waals surface area (Å²) in [5.74, 6) is -2.02. The third-order valence-electron chi connectivity index (χ3n) is 13.9. The molecule has 18 atom stereocenters. The second kappa shape index (κ2) is 37.1. The van der Waals surface area contributed by atoms with E-state index in [1.807, 2.05) is 6.92 Å². The van der Waals surface area contributed by atoms with Crippen LogP contribution in [0.1, 0.15) is 175 Å². The lowest BCUT2D eigenvalue weighted by atomic mass is 9.84. The van der Waals surface area contributed by atoms with Crippen molar-refractivity contribution in [2.24, 2.45) is 0 Å². The van der Waals surface area contributed by atoms with Gasteiger partial charge in [-0.25, -0.2) is 4.57 Å². The number of carbonyl (C=O) groups excluding carboxylic acids is 3. The summed E-state index contributed by atoms with van der Waals surface area (Å²) in [5.41, 5.74) is 0. The first-order valence-corrected chi connectivity index (χ1v) is 29.3. The molecule has 0 bridgehead atoms. The first-order valence-electron chi connectivity index (χ1n) is 27.8. The molecule has 3 rings (SSSR count). The number of unbranched alkanes of at least 4 members (excludes halogenated alkanes) is 18. The number of carbonyl (C=O) groups is 3. The van der Waals surface area contributed by atoms with E-state index in [1.54, 1.807) is 0 Å². The number of hydrogen-bond donors (Lipinski definition) is 11. The molecular formula is C51H93O24P. The van der Waals surface area contributed by atoms with Gasteiger partial charge in [0.1, 0.15) is 98.7 Å². The highest BCUT2D eigenvalue weighted by Gasteiger charge is 2.58. The van der Waals surface area contributed by atoms with E-state index in [9.17, 15) is 74.9 Å². The van der Waals surface area contributed by atoms with Gasteiger partial charge in [-0.05, 0) is 19.3 Å². The summed E-state index contributed by atoms with van der Waals surface area (Å²) in [6, 6.07) is 0. The van der Waals surface area contributed by atoms with Gasteiger partial charge in [0.2, 0.25) is 0 Å². The molecule has 2 heterocycles. The largest absolute Gasteiger partial charge is 0.472 e. The fraction of sp³-hybridized carbons (Fsp3) is 0.941. The SMILES string of the molecule is CCCCCCCCCCC(=O)OC[C@H](COP(=O)(O)O[C@H]1[C@H](O[C@H]2O[C@H](CO)C(O)[C@H](O)[C@@H]2O)[C@H](O)[C@@H](O)[C@H](O)[C@@H]1OC1O[C@H](COC(=O)CCCCCCCCCC)[C@@H](O)[C@H](O)[C@@H]1O)OC(=O)CCCCCCC. The van der Waals surface area contributed by atoms with Crippen LogP contribution in [0.4, 0.5) is 0 Å². The molecule has 11 N–H and O–H groups in total. The van der Waals surface area contributed by atoms with Gasteiger partial charge in [-0.2, -0.15) is 0 Å². The highest BCUT2D eigenvalue weighted by Crippen LogP contribution is 2.49. The Labute approximate surface area is 447 Å². The monoisotopic (exact) mass is 1120 g/mol. The van der Waals surface area contributed by atoms with E-state index in [1.165, 1.54) is 0 Å². The molecule has 0 aromatic rings. The summed E-state index contributed by atoms with van der Waals surface area (Å²) in [6.07, 6.45) is -15.6. The molecule has 0 aromatic heterocycles. The van der Waals surface area contributed by atoms with Crippen LogP contribution in [0.5, 0.6) is 0 Å². The lowest BCUT2D eigenvalue weighted by molar-refractivity contribution is -0.360. The molecular weight excluding hydrogens is 1030 g/mol.